The number of nitrogens with one attached hydrogen (secondary N) is 1. The Morgan fingerprint density at radius 2 is 2.06 bits per heavy atom. The predicted octanol–water partition coefficient (Wildman–Crippen LogP) is 2.60. The van der Waals surface area contributed by atoms with Gasteiger partial charge in [0.2, 0.25) is 11.8 Å². The molecule has 3 rings (SSSR count). The second-order valence-electron chi connectivity index (χ2n) is 8.18. The van der Waals surface area contributed by atoms with Gasteiger partial charge < -0.3 is 21.1 Å². The summed E-state index contributed by atoms with van der Waals surface area (Å²) in [6.07, 6.45) is 3.09. The largest absolute Gasteiger partial charge is 0.391 e. The number of aliphatic hydroxyl groups is 1. The molecule has 0 aliphatic carbocycles. The summed E-state index contributed by atoms with van der Waals surface area (Å²) in [5, 5.41) is 13.0. The van der Waals surface area contributed by atoms with E-state index in [0.717, 1.165) is 41.0 Å². The van der Waals surface area contributed by atoms with Crippen molar-refractivity contribution in [2.75, 3.05) is 6.54 Å². The average molecular weight is 445 g/mol. The first kappa shape index (κ1) is 23.4. The number of hydrogen-bond donors (Lipinski definition) is 3. The Labute approximate surface area is 187 Å². The first-order valence-electron chi connectivity index (χ1n) is 10.9. The second kappa shape index (κ2) is 10.8. The van der Waals surface area contributed by atoms with Gasteiger partial charge in [-0.2, -0.15) is 0 Å². The van der Waals surface area contributed by atoms with Gasteiger partial charge in [-0.15, -0.1) is 11.3 Å². The Balaban J connectivity index is 1.57. The molecule has 0 bridgehead atoms. The topological polar surface area (TPSA) is 109 Å². The van der Waals surface area contributed by atoms with Gasteiger partial charge in [-0.3, -0.25) is 9.59 Å². The van der Waals surface area contributed by atoms with Crippen molar-refractivity contribution < 1.29 is 14.7 Å². The lowest BCUT2D eigenvalue weighted by Gasteiger charge is -2.26. The summed E-state index contributed by atoms with van der Waals surface area (Å²) in [6, 6.07) is 6.68. The van der Waals surface area contributed by atoms with Crippen LogP contribution >= 0.6 is 11.3 Å². The van der Waals surface area contributed by atoms with Gasteiger partial charge in [-0.05, 0) is 24.5 Å². The highest BCUT2D eigenvalue weighted by Gasteiger charge is 2.40. The molecule has 3 atom stereocenters. The SMILES string of the molecule is CCCCC[C@H](N)C(=O)N1C[C@H](O)C[C@H]1C(=O)NCc1ccc(-c2scnc2C)cc1. The molecule has 2 heterocycles. The van der Waals surface area contributed by atoms with Crippen LogP contribution in [-0.4, -0.2) is 51.5 Å². The van der Waals surface area contributed by atoms with Crippen LogP contribution in [0.15, 0.2) is 29.8 Å². The molecule has 1 aliphatic heterocycles. The average Bonchev–Trinajstić information content (AvgIpc) is 3.37. The van der Waals surface area contributed by atoms with E-state index in [2.05, 4.69) is 17.2 Å². The number of nitrogens with two attached hydrogens (primary N) is 1. The van der Waals surface area contributed by atoms with Crippen molar-refractivity contribution >= 4 is 23.2 Å². The molecule has 1 aromatic heterocycles. The lowest BCUT2D eigenvalue weighted by molar-refractivity contribution is -0.139. The number of likely N-dealkylation sites (tertiary alicyclic amines) is 1. The third kappa shape index (κ3) is 5.90. The van der Waals surface area contributed by atoms with E-state index in [1.165, 1.54) is 4.90 Å². The Hall–Kier alpha value is -2.29. The highest BCUT2D eigenvalue weighted by molar-refractivity contribution is 7.13. The number of nitrogens with zero attached hydrogens (tertiary/aromatic N) is 2. The molecule has 1 fully saturated rings. The molecule has 0 radical (unpaired) electrons. The quantitative estimate of drug-likeness (QED) is 0.515. The summed E-state index contributed by atoms with van der Waals surface area (Å²) in [5.74, 6) is -0.509. The molecule has 1 aromatic carbocycles. The third-order valence-electron chi connectivity index (χ3n) is 5.73. The molecule has 1 aliphatic rings. The smallest absolute Gasteiger partial charge is 0.243 e. The number of aromatic nitrogens is 1. The van der Waals surface area contributed by atoms with Crippen LogP contribution in [0.25, 0.3) is 10.4 Å². The van der Waals surface area contributed by atoms with Crippen molar-refractivity contribution in [2.24, 2.45) is 5.73 Å². The van der Waals surface area contributed by atoms with E-state index in [1.807, 2.05) is 36.7 Å². The number of unbranched alkanes of at least 4 members (excludes halogenated alkanes) is 2. The molecule has 2 amide bonds. The van der Waals surface area contributed by atoms with Gasteiger partial charge in [-0.25, -0.2) is 4.98 Å². The van der Waals surface area contributed by atoms with E-state index in [4.69, 9.17) is 5.73 Å². The maximum Gasteiger partial charge on any atom is 0.243 e. The van der Waals surface area contributed by atoms with Crippen molar-refractivity contribution in [3.63, 3.8) is 0 Å². The Bertz CT molecular complexity index is 883. The maximum atomic E-state index is 12.8. The van der Waals surface area contributed by atoms with Crippen molar-refractivity contribution in [2.45, 2.75) is 70.7 Å². The van der Waals surface area contributed by atoms with Gasteiger partial charge in [0.05, 0.1) is 28.2 Å². The number of carbonyl (C=O) groups excluding carboxylic acids is 2. The molecule has 7 nitrogen and oxygen atoms in total. The molecule has 8 heteroatoms. The highest BCUT2D eigenvalue weighted by Crippen LogP contribution is 2.27. The van der Waals surface area contributed by atoms with E-state index in [-0.39, 0.29) is 24.8 Å². The Kier molecular flexibility index (Phi) is 8.17. The van der Waals surface area contributed by atoms with Crippen LogP contribution in [0.1, 0.15) is 50.3 Å². The van der Waals surface area contributed by atoms with Crippen LogP contribution in [0.5, 0.6) is 0 Å². The number of carbonyl (C=O) groups is 2. The number of aryl methyl sites for hydroxylation is 1. The minimum absolute atomic E-state index is 0.154. The van der Waals surface area contributed by atoms with Crippen LogP contribution in [0, 0.1) is 6.92 Å². The number of amides is 2. The summed E-state index contributed by atoms with van der Waals surface area (Å²) in [7, 11) is 0. The van der Waals surface area contributed by atoms with Gasteiger partial charge in [0.15, 0.2) is 0 Å². The van der Waals surface area contributed by atoms with Crippen LogP contribution < -0.4 is 11.1 Å². The van der Waals surface area contributed by atoms with Crippen molar-refractivity contribution in [3.8, 4) is 10.4 Å². The third-order valence-corrected chi connectivity index (χ3v) is 6.71. The van der Waals surface area contributed by atoms with Crippen LogP contribution in [0.3, 0.4) is 0 Å². The predicted molar refractivity (Wildman–Crippen MR) is 122 cm³/mol. The number of benzene rings is 1. The monoisotopic (exact) mass is 444 g/mol. The molecule has 168 valence electrons. The van der Waals surface area contributed by atoms with E-state index < -0.39 is 18.2 Å². The number of aliphatic hydroxyl groups excluding tert-OH is 1. The van der Waals surface area contributed by atoms with Gasteiger partial charge in [0.1, 0.15) is 6.04 Å². The van der Waals surface area contributed by atoms with Gasteiger partial charge in [0.25, 0.3) is 0 Å². The van der Waals surface area contributed by atoms with Crippen LogP contribution in [0.2, 0.25) is 0 Å². The number of hydrogen-bond acceptors (Lipinski definition) is 6. The zero-order chi connectivity index (χ0) is 22.4. The molecule has 31 heavy (non-hydrogen) atoms. The summed E-state index contributed by atoms with van der Waals surface area (Å²) >= 11 is 1.60. The lowest BCUT2D eigenvalue weighted by atomic mass is 10.1. The molecule has 0 spiro atoms. The fraction of sp³-hybridized carbons (Fsp3) is 0.522. The molecule has 2 aromatic rings. The maximum absolute atomic E-state index is 12.8. The number of thiazole rings is 1. The minimum atomic E-state index is -0.704. The summed E-state index contributed by atoms with van der Waals surface area (Å²) in [4.78, 5) is 32.4. The van der Waals surface area contributed by atoms with E-state index >= 15 is 0 Å². The van der Waals surface area contributed by atoms with Crippen molar-refractivity contribution in [1.82, 2.24) is 15.2 Å². The van der Waals surface area contributed by atoms with Gasteiger partial charge in [0, 0.05) is 19.5 Å². The molecule has 0 unspecified atom stereocenters. The zero-order valence-electron chi connectivity index (χ0n) is 18.2. The van der Waals surface area contributed by atoms with Crippen molar-refractivity contribution in [1.29, 1.82) is 0 Å². The Morgan fingerprint density at radius 3 is 2.71 bits per heavy atom. The van der Waals surface area contributed by atoms with Gasteiger partial charge >= 0.3 is 0 Å². The van der Waals surface area contributed by atoms with Crippen molar-refractivity contribution in [3.05, 3.63) is 41.0 Å². The lowest BCUT2D eigenvalue weighted by Crippen LogP contribution is -2.51. The fourth-order valence-corrected chi connectivity index (χ4v) is 4.73. The summed E-state index contributed by atoms with van der Waals surface area (Å²) in [6.45, 7) is 4.59. The fourth-order valence-electron chi connectivity index (χ4n) is 3.92. The van der Waals surface area contributed by atoms with Crippen LogP contribution in [0.4, 0.5) is 0 Å². The first-order chi connectivity index (χ1) is 14.9. The molecular weight excluding hydrogens is 412 g/mol. The summed E-state index contributed by atoms with van der Waals surface area (Å²) < 4.78 is 0. The van der Waals surface area contributed by atoms with E-state index in [9.17, 15) is 14.7 Å². The first-order valence-corrected chi connectivity index (χ1v) is 11.8. The molecular formula is C23H32N4O3S. The summed E-state index contributed by atoms with van der Waals surface area (Å²) in [5.41, 5.74) is 11.0. The highest BCUT2D eigenvalue weighted by atomic mass is 32.1. The molecule has 4 N–H and O–H groups in total. The molecule has 1 saturated heterocycles. The molecule has 0 saturated carbocycles. The number of β-amino-alcohol motifs (C(OH)–C–C–N with tert-alkyl or cyclic N) is 1. The van der Waals surface area contributed by atoms with Crippen LogP contribution in [-0.2, 0) is 16.1 Å². The second-order valence-corrected chi connectivity index (χ2v) is 9.03. The van der Waals surface area contributed by atoms with E-state index in [1.54, 1.807) is 11.3 Å². The zero-order valence-corrected chi connectivity index (χ0v) is 19.0. The number of rotatable bonds is 9. The standard InChI is InChI=1S/C23H32N4O3S/c1-3-4-5-6-19(24)23(30)27-13-18(28)11-20(27)22(29)25-12-16-7-9-17(10-8-16)21-15(2)26-14-31-21/h7-10,14,18-20,28H,3-6,11-13,24H2,1-2H3,(H,25,29)/t18-,19+,20+/m1/s1. The van der Waals surface area contributed by atoms with Gasteiger partial charge in [-0.1, -0.05) is 50.5 Å². The van der Waals surface area contributed by atoms with E-state index in [0.29, 0.717) is 13.0 Å². The minimum Gasteiger partial charge on any atom is -0.391 e. The normalized spacial score (nSPS) is 19.4. The Morgan fingerprint density at radius 1 is 1.32 bits per heavy atom.